The molecule has 132 valence electrons. The van der Waals surface area contributed by atoms with Gasteiger partial charge in [-0.3, -0.25) is 9.78 Å². The van der Waals surface area contributed by atoms with Crippen LogP contribution in [0.15, 0.2) is 18.3 Å². The van der Waals surface area contributed by atoms with Crippen molar-refractivity contribution in [2.75, 3.05) is 5.32 Å². The highest BCUT2D eigenvalue weighted by atomic mass is 16.6. The molecule has 6 heteroatoms. The Morgan fingerprint density at radius 1 is 1.33 bits per heavy atom. The van der Waals surface area contributed by atoms with E-state index in [0.717, 1.165) is 12.1 Å². The van der Waals surface area contributed by atoms with Gasteiger partial charge in [0, 0.05) is 5.69 Å². The quantitative estimate of drug-likeness (QED) is 0.836. The zero-order valence-corrected chi connectivity index (χ0v) is 14.9. The Hall–Kier alpha value is -2.11. The first-order valence-corrected chi connectivity index (χ1v) is 8.46. The molecule has 0 aliphatic heterocycles. The van der Waals surface area contributed by atoms with Crippen LogP contribution in [0.5, 0.6) is 0 Å². The van der Waals surface area contributed by atoms with E-state index >= 15 is 0 Å². The number of nitrogens with zero attached hydrogens (tertiary/aromatic N) is 1. The normalized spacial score (nSPS) is 15.5. The van der Waals surface area contributed by atoms with E-state index in [1.54, 1.807) is 33.0 Å². The number of aryl methyl sites for hydroxylation is 1. The standard InChI is InChI=1S/C18H27N3O3/c1-12-5-9-14(11-19-12)20-16(22)15(10-8-13-6-7-13)21-17(23)24-18(2,3)4/h5,9,11,13,15H,6-8,10H2,1-4H3,(H,20,22)(H,21,23). The van der Waals surface area contributed by atoms with E-state index in [9.17, 15) is 9.59 Å². The summed E-state index contributed by atoms with van der Waals surface area (Å²) in [5.41, 5.74) is 0.904. The molecule has 24 heavy (non-hydrogen) atoms. The Morgan fingerprint density at radius 2 is 2.04 bits per heavy atom. The van der Waals surface area contributed by atoms with Crippen LogP contribution >= 0.6 is 0 Å². The Bertz CT molecular complexity index is 574. The third-order valence-electron chi connectivity index (χ3n) is 3.75. The zero-order chi connectivity index (χ0) is 17.7. The van der Waals surface area contributed by atoms with Crippen molar-refractivity contribution >= 4 is 17.7 Å². The Morgan fingerprint density at radius 3 is 2.58 bits per heavy atom. The van der Waals surface area contributed by atoms with Crippen LogP contribution in [0.1, 0.15) is 52.1 Å². The lowest BCUT2D eigenvalue weighted by molar-refractivity contribution is -0.118. The van der Waals surface area contributed by atoms with E-state index in [4.69, 9.17) is 4.74 Å². The minimum Gasteiger partial charge on any atom is -0.444 e. The van der Waals surface area contributed by atoms with Gasteiger partial charge in [0.1, 0.15) is 11.6 Å². The van der Waals surface area contributed by atoms with Crippen molar-refractivity contribution in [1.29, 1.82) is 0 Å². The summed E-state index contributed by atoms with van der Waals surface area (Å²) in [4.78, 5) is 28.7. The number of pyridine rings is 1. The monoisotopic (exact) mass is 333 g/mol. The summed E-state index contributed by atoms with van der Waals surface area (Å²) in [7, 11) is 0. The molecule has 0 saturated heterocycles. The maximum Gasteiger partial charge on any atom is 0.408 e. The SMILES string of the molecule is Cc1ccc(NC(=O)C(CCC2CC2)NC(=O)OC(C)(C)C)cn1. The first-order valence-electron chi connectivity index (χ1n) is 8.46. The van der Waals surface area contributed by atoms with Gasteiger partial charge in [0.15, 0.2) is 0 Å². The van der Waals surface area contributed by atoms with Gasteiger partial charge in [0.2, 0.25) is 5.91 Å². The predicted molar refractivity (Wildman–Crippen MR) is 92.7 cm³/mol. The van der Waals surface area contributed by atoms with E-state index in [0.29, 0.717) is 18.0 Å². The molecule has 0 aromatic carbocycles. The number of carbonyl (C=O) groups excluding carboxylic acids is 2. The molecule has 1 saturated carbocycles. The number of aromatic nitrogens is 1. The smallest absolute Gasteiger partial charge is 0.408 e. The maximum absolute atomic E-state index is 12.5. The summed E-state index contributed by atoms with van der Waals surface area (Å²) < 4.78 is 5.26. The molecule has 1 aromatic rings. The molecule has 1 atom stereocenters. The topological polar surface area (TPSA) is 80.3 Å². The number of alkyl carbamates (subject to hydrolysis) is 1. The number of hydrogen-bond donors (Lipinski definition) is 2. The number of nitrogens with one attached hydrogen (secondary N) is 2. The summed E-state index contributed by atoms with van der Waals surface area (Å²) in [6.07, 6.45) is 5.00. The summed E-state index contributed by atoms with van der Waals surface area (Å²) in [6, 6.07) is 3.02. The molecule has 1 aliphatic carbocycles. The lowest BCUT2D eigenvalue weighted by atomic mass is 10.1. The van der Waals surface area contributed by atoms with Gasteiger partial charge < -0.3 is 15.4 Å². The number of carbonyl (C=O) groups is 2. The molecule has 6 nitrogen and oxygen atoms in total. The fourth-order valence-electron chi connectivity index (χ4n) is 2.30. The van der Waals surface area contributed by atoms with Crippen LogP contribution in [0.4, 0.5) is 10.5 Å². The van der Waals surface area contributed by atoms with Gasteiger partial charge in [-0.2, -0.15) is 0 Å². The van der Waals surface area contributed by atoms with E-state index < -0.39 is 17.7 Å². The molecular formula is C18H27N3O3. The number of amides is 2. The van der Waals surface area contributed by atoms with Crippen molar-refractivity contribution in [1.82, 2.24) is 10.3 Å². The number of rotatable bonds is 6. The van der Waals surface area contributed by atoms with Crippen molar-refractivity contribution < 1.29 is 14.3 Å². The van der Waals surface area contributed by atoms with Crippen molar-refractivity contribution in [3.05, 3.63) is 24.0 Å². The second kappa shape index (κ2) is 7.64. The Labute approximate surface area is 143 Å². The highest BCUT2D eigenvalue weighted by molar-refractivity contribution is 5.96. The molecule has 0 spiro atoms. The minimum atomic E-state index is -0.609. The van der Waals surface area contributed by atoms with Crippen molar-refractivity contribution in [3.8, 4) is 0 Å². The van der Waals surface area contributed by atoms with Gasteiger partial charge in [0.25, 0.3) is 0 Å². The van der Waals surface area contributed by atoms with Crippen LogP contribution in [-0.4, -0.2) is 28.6 Å². The maximum atomic E-state index is 12.5. The lowest BCUT2D eigenvalue weighted by Crippen LogP contribution is -2.45. The average Bonchev–Trinajstić information content (AvgIpc) is 3.28. The number of hydrogen-bond acceptors (Lipinski definition) is 4. The molecule has 1 heterocycles. The van der Waals surface area contributed by atoms with Crippen molar-refractivity contribution in [2.24, 2.45) is 5.92 Å². The first kappa shape index (κ1) is 18.2. The van der Waals surface area contributed by atoms with Gasteiger partial charge in [0.05, 0.1) is 11.9 Å². The van der Waals surface area contributed by atoms with Crippen LogP contribution in [0, 0.1) is 12.8 Å². The predicted octanol–water partition coefficient (Wildman–Crippen LogP) is 3.41. The molecule has 0 radical (unpaired) electrons. The Kier molecular flexibility index (Phi) is 5.80. The second-order valence-corrected chi connectivity index (χ2v) is 7.40. The molecule has 1 fully saturated rings. The van der Waals surface area contributed by atoms with Gasteiger partial charge in [-0.1, -0.05) is 12.8 Å². The van der Waals surface area contributed by atoms with Crippen LogP contribution < -0.4 is 10.6 Å². The molecule has 1 unspecified atom stereocenters. The van der Waals surface area contributed by atoms with E-state index in [-0.39, 0.29) is 5.91 Å². The largest absolute Gasteiger partial charge is 0.444 e. The van der Waals surface area contributed by atoms with E-state index in [2.05, 4.69) is 15.6 Å². The molecule has 2 amide bonds. The third kappa shape index (κ3) is 6.56. The van der Waals surface area contributed by atoms with Gasteiger partial charge in [-0.25, -0.2) is 4.79 Å². The molecule has 1 aliphatic rings. The minimum absolute atomic E-state index is 0.243. The molecular weight excluding hydrogens is 306 g/mol. The van der Waals surface area contributed by atoms with E-state index in [1.165, 1.54) is 12.8 Å². The molecule has 2 rings (SSSR count). The number of ether oxygens (including phenoxy) is 1. The average molecular weight is 333 g/mol. The number of anilines is 1. The molecule has 1 aromatic heterocycles. The molecule has 0 bridgehead atoms. The third-order valence-corrected chi connectivity index (χ3v) is 3.75. The summed E-state index contributed by atoms with van der Waals surface area (Å²) in [5.74, 6) is 0.439. The van der Waals surface area contributed by atoms with Gasteiger partial charge in [-0.15, -0.1) is 0 Å². The van der Waals surface area contributed by atoms with Crippen LogP contribution in [-0.2, 0) is 9.53 Å². The highest BCUT2D eigenvalue weighted by Gasteiger charge is 2.28. The van der Waals surface area contributed by atoms with Gasteiger partial charge >= 0.3 is 6.09 Å². The summed E-state index contributed by atoms with van der Waals surface area (Å²) >= 11 is 0. The van der Waals surface area contributed by atoms with Gasteiger partial charge in [-0.05, 0) is 58.6 Å². The fourth-order valence-corrected chi connectivity index (χ4v) is 2.30. The van der Waals surface area contributed by atoms with Crippen molar-refractivity contribution in [3.63, 3.8) is 0 Å². The zero-order valence-electron chi connectivity index (χ0n) is 14.9. The second-order valence-electron chi connectivity index (χ2n) is 7.40. The molecule has 2 N–H and O–H groups in total. The highest BCUT2D eigenvalue weighted by Crippen LogP contribution is 2.34. The van der Waals surface area contributed by atoms with Crippen molar-refractivity contribution in [2.45, 2.75) is 65.0 Å². The summed E-state index contributed by atoms with van der Waals surface area (Å²) in [6.45, 7) is 7.27. The van der Waals surface area contributed by atoms with Crippen LogP contribution in [0.25, 0.3) is 0 Å². The first-order chi connectivity index (χ1) is 11.2. The van der Waals surface area contributed by atoms with Crippen LogP contribution in [0.3, 0.4) is 0 Å². The fraction of sp³-hybridized carbons (Fsp3) is 0.611. The lowest BCUT2D eigenvalue weighted by Gasteiger charge is -2.23. The van der Waals surface area contributed by atoms with E-state index in [1.807, 2.05) is 13.0 Å². The Balaban J connectivity index is 1.96. The van der Waals surface area contributed by atoms with Crippen LogP contribution in [0.2, 0.25) is 0 Å². The summed E-state index contributed by atoms with van der Waals surface area (Å²) in [5, 5.41) is 5.50.